The molecule has 1 aliphatic rings. The number of Topliss-reactive ketones (excluding diaryl/α,β-unsaturated/α-hetero) is 2. The van der Waals surface area contributed by atoms with Crippen molar-refractivity contribution >= 4 is 35.7 Å². The SMILES string of the molecule is COc1ccc(/C=C/C(=O)OC(C)(CC2CCC(OC(=O)/C=C/c3ccccc3)(C(=O)c3ccccc3C)CC2)C(=O)c2ccc(OC)cc2)cc1. The lowest BCUT2D eigenvalue weighted by Gasteiger charge is -2.40. The van der Waals surface area contributed by atoms with Gasteiger partial charge in [-0.1, -0.05) is 66.7 Å². The normalized spacial score (nSPS) is 18.3. The van der Waals surface area contributed by atoms with Crippen molar-refractivity contribution in [3.63, 3.8) is 0 Å². The minimum atomic E-state index is -1.53. The maximum absolute atomic E-state index is 14.2. The Balaban J connectivity index is 1.37. The van der Waals surface area contributed by atoms with E-state index in [0.29, 0.717) is 35.5 Å². The van der Waals surface area contributed by atoms with Crippen LogP contribution in [-0.2, 0) is 19.1 Å². The van der Waals surface area contributed by atoms with Crippen LogP contribution in [-0.4, -0.2) is 48.9 Å². The lowest BCUT2D eigenvalue weighted by molar-refractivity contribution is -0.155. The van der Waals surface area contributed by atoms with Crippen LogP contribution in [0.1, 0.15) is 76.4 Å². The summed E-state index contributed by atoms with van der Waals surface area (Å²) in [5.41, 5.74) is 0.321. The van der Waals surface area contributed by atoms with Gasteiger partial charge in [0.2, 0.25) is 11.6 Å². The van der Waals surface area contributed by atoms with E-state index in [4.69, 9.17) is 18.9 Å². The fourth-order valence-corrected chi connectivity index (χ4v) is 6.67. The minimum Gasteiger partial charge on any atom is -0.497 e. The number of methoxy groups -OCH3 is 2. The monoisotopic (exact) mass is 700 g/mol. The quantitative estimate of drug-likeness (QED) is 0.0731. The smallest absolute Gasteiger partial charge is 0.331 e. The third-order valence-corrected chi connectivity index (χ3v) is 9.59. The average molecular weight is 701 g/mol. The molecule has 0 spiro atoms. The molecule has 1 saturated carbocycles. The van der Waals surface area contributed by atoms with Gasteiger partial charge in [-0.25, -0.2) is 9.59 Å². The second-order valence-corrected chi connectivity index (χ2v) is 13.3. The summed E-state index contributed by atoms with van der Waals surface area (Å²) in [6, 6.07) is 30.5. The van der Waals surface area contributed by atoms with Gasteiger partial charge in [-0.15, -0.1) is 0 Å². The molecule has 5 rings (SSSR count). The van der Waals surface area contributed by atoms with Gasteiger partial charge in [-0.05, 0) is 117 Å². The Labute approximate surface area is 305 Å². The average Bonchev–Trinajstić information content (AvgIpc) is 3.17. The van der Waals surface area contributed by atoms with Gasteiger partial charge >= 0.3 is 11.9 Å². The number of ether oxygens (including phenoxy) is 4. The van der Waals surface area contributed by atoms with E-state index >= 15 is 0 Å². The molecule has 8 heteroatoms. The van der Waals surface area contributed by atoms with Gasteiger partial charge in [0.25, 0.3) is 0 Å². The highest BCUT2D eigenvalue weighted by Gasteiger charge is 2.48. The first kappa shape index (κ1) is 37.5. The zero-order valence-corrected chi connectivity index (χ0v) is 30.0. The molecule has 1 unspecified atom stereocenters. The molecular formula is C44H44O8. The van der Waals surface area contributed by atoms with Gasteiger partial charge in [-0.3, -0.25) is 9.59 Å². The van der Waals surface area contributed by atoms with E-state index in [2.05, 4.69) is 0 Å². The second-order valence-electron chi connectivity index (χ2n) is 13.3. The van der Waals surface area contributed by atoms with E-state index in [1.165, 1.54) is 12.2 Å². The number of ketones is 2. The van der Waals surface area contributed by atoms with E-state index in [1.807, 2.05) is 49.4 Å². The van der Waals surface area contributed by atoms with Crippen LogP contribution in [0.15, 0.2) is 115 Å². The Bertz CT molecular complexity index is 1920. The Hall–Kier alpha value is -5.76. The third-order valence-electron chi connectivity index (χ3n) is 9.59. The fraction of sp³-hybridized carbons (Fsp3) is 0.273. The first-order valence-corrected chi connectivity index (χ1v) is 17.3. The number of esters is 2. The number of benzene rings is 4. The van der Waals surface area contributed by atoms with Crippen molar-refractivity contribution in [3.8, 4) is 11.5 Å². The van der Waals surface area contributed by atoms with E-state index in [0.717, 1.165) is 16.7 Å². The molecule has 0 heterocycles. The number of carbonyl (C=O) groups is 4. The molecule has 0 bridgehead atoms. The summed E-state index contributed by atoms with van der Waals surface area (Å²) in [4.78, 5) is 54.9. The summed E-state index contributed by atoms with van der Waals surface area (Å²) in [5, 5.41) is 0. The highest BCUT2D eigenvalue weighted by molar-refractivity contribution is 6.06. The van der Waals surface area contributed by atoms with Crippen LogP contribution in [0.4, 0.5) is 0 Å². The predicted octanol–water partition coefficient (Wildman–Crippen LogP) is 8.67. The minimum absolute atomic E-state index is 0.123. The molecule has 0 radical (unpaired) electrons. The molecule has 0 saturated heterocycles. The molecule has 52 heavy (non-hydrogen) atoms. The second kappa shape index (κ2) is 17.0. The van der Waals surface area contributed by atoms with Crippen molar-refractivity contribution in [2.24, 2.45) is 5.92 Å². The van der Waals surface area contributed by atoms with Crippen LogP contribution in [0, 0.1) is 12.8 Å². The van der Waals surface area contributed by atoms with Crippen molar-refractivity contribution in [3.05, 3.63) is 143 Å². The number of hydrogen-bond acceptors (Lipinski definition) is 8. The molecule has 0 N–H and O–H groups in total. The summed E-state index contributed by atoms with van der Waals surface area (Å²) >= 11 is 0. The number of hydrogen-bond donors (Lipinski definition) is 0. The summed E-state index contributed by atoms with van der Waals surface area (Å²) in [5.74, 6) is -0.729. The summed E-state index contributed by atoms with van der Waals surface area (Å²) in [7, 11) is 3.12. The summed E-state index contributed by atoms with van der Waals surface area (Å²) in [6.07, 6.45) is 7.53. The molecule has 0 aromatic heterocycles. The lowest BCUT2D eigenvalue weighted by atomic mass is 9.71. The van der Waals surface area contributed by atoms with E-state index < -0.39 is 23.1 Å². The van der Waals surface area contributed by atoms with Crippen LogP contribution in [0.3, 0.4) is 0 Å². The Morgan fingerprint density at radius 2 is 1.25 bits per heavy atom. The highest BCUT2D eigenvalue weighted by atomic mass is 16.6. The molecular weight excluding hydrogens is 656 g/mol. The Morgan fingerprint density at radius 1 is 0.712 bits per heavy atom. The topological polar surface area (TPSA) is 105 Å². The third kappa shape index (κ3) is 9.31. The van der Waals surface area contributed by atoms with Gasteiger partial charge < -0.3 is 18.9 Å². The number of rotatable bonds is 14. The van der Waals surface area contributed by atoms with Gasteiger partial charge in [0, 0.05) is 23.3 Å². The first-order valence-electron chi connectivity index (χ1n) is 17.3. The van der Waals surface area contributed by atoms with Crippen molar-refractivity contribution in [2.45, 2.75) is 57.2 Å². The molecule has 4 aromatic carbocycles. The van der Waals surface area contributed by atoms with Crippen LogP contribution >= 0.6 is 0 Å². The van der Waals surface area contributed by atoms with Crippen molar-refractivity contribution in [2.75, 3.05) is 14.2 Å². The maximum atomic E-state index is 14.2. The van der Waals surface area contributed by atoms with Gasteiger partial charge in [0.1, 0.15) is 11.5 Å². The largest absolute Gasteiger partial charge is 0.497 e. The van der Waals surface area contributed by atoms with E-state index in [9.17, 15) is 19.2 Å². The fourth-order valence-electron chi connectivity index (χ4n) is 6.67. The van der Waals surface area contributed by atoms with Crippen molar-refractivity contribution in [1.82, 2.24) is 0 Å². The number of aryl methyl sites for hydroxylation is 1. The van der Waals surface area contributed by atoms with Crippen molar-refractivity contribution in [1.29, 1.82) is 0 Å². The van der Waals surface area contributed by atoms with Gasteiger partial charge in [0.15, 0.2) is 11.2 Å². The maximum Gasteiger partial charge on any atom is 0.331 e. The van der Waals surface area contributed by atoms with Crippen LogP contribution in [0.5, 0.6) is 11.5 Å². The number of carbonyl (C=O) groups excluding carboxylic acids is 4. The molecule has 4 aromatic rings. The van der Waals surface area contributed by atoms with Gasteiger partial charge in [0.05, 0.1) is 14.2 Å². The van der Waals surface area contributed by atoms with E-state index in [1.54, 1.807) is 94.0 Å². The summed E-state index contributed by atoms with van der Waals surface area (Å²) < 4.78 is 22.6. The van der Waals surface area contributed by atoms with Crippen molar-refractivity contribution < 1.29 is 38.1 Å². The Kier molecular flexibility index (Phi) is 12.2. The first-order chi connectivity index (χ1) is 25.0. The molecule has 268 valence electrons. The molecule has 0 aliphatic heterocycles. The predicted molar refractivity (Wildman–Crippen MR) is 200 cm³/mol. The zero-order chi connectivity index (χ0) is 37.1. The van der Waals surface area contributed by atoms with Crippen LogP contribution in [0.2, 0.25) is 0 Å². The Morgan fingerprint density at radius 3 is 1.85 bits per heavy atom. The molecule has 1 aliphatic carbocycles. The lowest BCUT2D eigenvalue weighted by Crippen LogP contribution is -2.48. The molecule has 1 atom stereocenters. The van der Waals surface area contributed by atoms with Gasteiger partial charge in [-0.2, -0.15) is 0 Å². The highest BCUT2D eigenvalue weighted by Crippen LogP contribution is 2.42. The molecule has 0 amide bonds. The van der Waals surface area contributed by atoms with E-state index in [-0.39, 0.29) is 36.7 Å². The molecule has 8 nitrogen and oxygen atoms in total. The van der Waals surface area contributed by atoms with Crippen LogP contribution in [0.25, 0.3) is 12.2 Å². The molecule has 1 fully saturated rings. The standard InChI is InChI=1S/C44H44O8/c1-31-10-8-9-13-38(31)42(48)44(52-40(46)25-16-32-11-6-5-7-12-32)28-26-34(27-29-44)30-43(2,41(47)35-18-22-37(50-4)23-19-35)51-39(45)24-17-33-14-20-36(49-3)21-15-33/h5-25,34H,26-30H2,1-4H3/b24-17+,25-16+. The summed E-state index contributed by atoms with van der Waals surface area (Å²) in [6.45, 7) is 3.49. The van der Waals surface area contributed by atoms with Crippen LogP contribution < -0.4 is 9.47 Å². The zero-order valence-electron chi connectivity index (χ0n) is 30.0.